The molecule has 0 bridgehead atoms. The van der Waals surface area contributed by atoms with E-state index < -0.39 is 0 Å². The van der Waals surface area contributed by atoms with E-state index in [-0.39, 0.29) is 0 Å². The first-order valence-electron chi connectivity index (χ1n) is 10.7. The topological polar surface area (TPSA) is 20.2 Å². The summed E-state index contributed by atoms with van der Waals surface area (Å²) in [5, 5.41) is 10.6. The third kappa shape index (κ3) is 0.825. The molecule has 8 aliphatic rings. The lowest BCUT2D eigenvalue weighted by atomic mass is 9.63. The molecule has 8 rings (SSSR count). The molecule has 0 aromatic rings. The summed E-state index contributed by atoms with van der Waals surface area (Å²) in [4.78, 5) is 0. The Labute approximate surface area is 139 Å². The van der Waals surface area contributed by atoms with Crippen molar-refractivity contribution in [3.63, 3.8) is 0 Å². The largest absolute Gasteiger partial charge is 0.396 e. The minimum atomic E-state index is 0.292. The van der Waals surface area contributed by atoms with E-state index in [2.05, 4.69) is 13.8 Å². The Hall–Kier alpha value is -0.0400. The maximum Gasteiger partial charge on any atom is 0.0490 e. The highest BCUT2D eigenvalue weighted by Gasteiger charge is 2.90. The number of aliphatic hydroxyl groups is 1. The van der Waals surface area contributed by atoms with Gasteiger partial charge >= 0.3 is 0 Å². The molecule has 0 radical (unpaired) electrons. The predicted molar refractivity (Wildman–Crippen MR) is 87.1 cm³/mol. The minimum Gasteiger partial charge on any atom is -0.396 e. The van der Waals surface area contributed by atoms with Crippen LogP contribution in [0, 0.1) is 87.8 Å². The molecule has 15 atom stereocenters. The van der Waals surface area contributed by atoms with Crippen LogP contribution in [0.5, 0.6) is 0 Å². The Morgan fingerprint density at radius 2 is 1.09 bits per heavy atom. The Bertz CT molecular complexity index is 602. The van der Waals surface area contributed by atoms with Crippen molar-refractivity contribution >= 4 is 0 Å². The number of hydrogen-bond donors (Lipinski definition) is 1. The molecule has 3 unspecified atom stereocenters. The molecule has 1 nitrogen and oxygen atoms in total. The lowest BCUT2D eigenvalue weighted by Gasteiger charge is -2.42. The minimum absolute atomic E-state index is 0.292. The molecule has 0 heterocycles. The van der Waals surface area contributed by atoms with Gasteiger partial charge < -0.3 is 5.11 Å². The lowest BCUT2D eigenvalue weighted by molar-refractivity contribution is 0.00220. The summed E-state index contributed by atoms with van der Waals surface area (Å²) < 4.78 is 0. The van der Waals surface area contributed by atoms with E-state index in [4.69, 9.17) is 0 Å². The molecule has 124 valence electrons. The van der Waals surface area contributed by atoms with Crippen molar-refractivity contribution in [1.29, 1.82) is 0 Å². The molecule has 0 saturated heterocycles. The second-order valence-corrected chi connectivity index (χ2v) is 11.8. The van der Waals surface area contributed by atoms with E-state index in [1.165, 1.54) is 12.8 Å². The summed E-state index contributed by atoms with van der Waals surface area (Å²) in [6.45, 7) is 5.85. The van der Waals surface area contributed by atoms with Crippen molar-refractivity contribution in [2.75, 3.05) is 6.61 Å². The Morgan fingerprint density at radius 1 is 0.652 bits per heavy atom. The average molecular weight is 310 g/mol. The predicted octanol–water partition coefficient (Wildman–Crippen LogP) is 3.67. The van der Waals surface area contributed by atoms with Crippen LogP contribution in [0.2, 0.25) is 0 Å². The second kappa shape index (κ2) is 3.08. The first-order chi connectivity index (χ1) is 11.1. The Balaban J connectivity index is 1.50. The summed E-state index contributed by atoms with van der Waals surface area (Å²) in [6, 6.07) is 0. The van der Waals surface area contributed by atoms with Gasteiger partial charge in [-0.2, -0.15) is 0 Å². The van der Waals surface area contributed by atoms with Gasteiger partial charge in [0.05, 0.1) is 0 Å². The van der Waals surface area contributed by atoms with E-state index in [1.807, 2.05) is 0 Å². The molecule has 1 N–H and O–H groups in total. The molecule has 8 fully saturated rings. The highest BCUT2D eigenvalue weighted by atomic mass is 16.3. The smallest absolute Gasteiger partial charge is 0.0490 e. The van der Waals surface area contributed by atoms with Gasteiger partial charge in [-0.25, -0.2) is 0 Å². The maximum atomic E-state index is 10.6. The van der Waals surface area contributed by atoms with Gasteiger partial charge in [0.1, 0.15) is 0 Å². The Kier molecular flexibility index (Phi) is 1.65. The van der Waals surface area contributed by atoms with E-state index >= 15 is 0 Å². The molecule has 8 aliphatic carbocycles. The first kappa shape index (κ1) is 12.3. The summed E-state index contributed by atoms with van der Waals surface area (Å²) in [5.74, 6) is 13.7. The average Bonchev–Trinajstić information content (AvgIpc) is 3.26. The quantitative estimate of drug-likeness (QED) is 0.783. The Morgan fingerprint density at radius 3 is 1.52 bits per heavy atom. The van der Waals surface area contributed by atoms with Crippen LogP contribution in [0.4, 0.5) is 0 Å². The van der Waals surface area contributed by atoms with Crippen molar-refractivity contribution in [3.05, 3.63) is 0 Å². The molecule has 0 amide bonds. The monoisotopic (exact) mass is 310 g/mol. The van der Waals surface area contributed by atoms with Crippen molar-refractivity contribution in [2.45, 2.75) is 39.5 Å². The fourth-order valence-electron chi connectivity index (χ4n) is 13.3. The van der Waals surface area contributed by atoms with Crippen molar-refractivity contribution < 1.29 is 5.11 Å². The zero-order chi connectivity index (χ0) is 15.0. The van der Waals surface area contributed by atoms with Gasteiger partial charge in [0, 0.05) is 6.61 Å². The van der Waals surface area contributed by atoms with Gasteiger partial charge in [0.2, 0.25) is 0 Å². The third-order valence-electron chi connectivity index (χ3n) is 12.4. The number of aliphatic hydroxyl groups excluding tert-OH is 1. The van der Waals surface area contributed by atoms with Crippen molar-refractivity contribution in [2.24, 2.45) is 87.8 Å². The molecule has 0 aromatic carbocycles. The van der Waals surface area contributed by atoms with Crippen LogP contribution in [-0.2, 0) is 0 Å². The molecule has 0 aromatic heterocycles. The summed E-state index contributed by atoms with van der Waals surface area (Å²) in [5.41, 5.74) is 1.04. The van der Waals surface area contributed by atoms with Gasteiger partial charge in [-0.15, -0.1) is 0 Å². The summed E-state index contributed by atoms with van der Waals surface area (Å²) >= 11 is 0. The van der Waals surface area contributed by atoms with Gasteiger partial charge in [0.25, 0.3) is 0 Å². The van der Waals surface area contributed by atoms with Crippen LogP contribution in [0.1, 0.15) is 39.5 Å². The zero-order valence-electron chi connectivity index (χ0n) is 14.5. The van der Waals surface area contributed by atoms with Crippen LogP contribution >= 0.6 is 0 Å². The molecular formula is C22H30O. The van der Waals surface area contributed by atoms with Gasteiger partial charge in [0.15, 0.2) is 0 Å². The van der Waals surface area contributed by atoms with Gasteiger partial charge in [-0.1, -0.05) is 13.8 Å². The molecule has 1 heteroatoms. The van der Waals surface area contributed by atoms with Crippen LogP contribution < -0.4 is 0 Å². The first-order valence-corrected chi connectivity index (χ1v) is 10.7. The maximum absolute atomic E-state index is 10.6. The van der Waals surface area contributed by atoms with E-state index in [0.717, 1.165) is 82.3 Å². The van der Waals surface area contributed by atoms with Crippen molar-refractivity contribution in [3.8, 4) is 0 Å². The van der Waals surface area contributed by atoms with E-state index in [1.54, 1.807) is 12.8 Å². The summed E-state index contributed by atoms with van der Waals surface area (Å²) in [6.07, 6.45) is 6.18. The highest BCUT2D eigenvalue weighted by Crippen LogP contribution is 2.93. The van der Waals surface area contributed by atoms with Crippen molar-refractivity contribution in [1.82, 2.24) is 0 Å². The van der Waals surface area contributed by atoms with Gasteiger partial charge in [-0.3, -0.25) is 0 Å². The fraction of sp³-hybridized carbons (Fsp3) is 1.00. The van der Waals surface area contributed by atoms with Gasteiger partial charge in [-0.05, 0) is 113 Å². The molecule has 0 aliphatic heterocycles. The number of rotatable bonds is 1. The molecule has 0 spiro atoms. The van der Waals surface area contributed by atoms with Crippen LogP contribution in [0.3, 0.4) is 0 Å². The van der Waals surface area contributed by atoms with E-state index in [9.17, 15) is 5.11 Å². The molecule has 23 heavy (non-hydrogen) atoms. The fourth-order valence-corrected chi connectivity index (χ4v) is 13.3. The van der Waals surface area contributed by atoms with Crippen LogP contribution in [-0.4, -0.2) is 11.7 Å². The molecular weight excluding hydrogens is 280 g/mol. The van der Waals surface area contributed by atoms with Crippen LogP contribution in [0.25, 0.3) is 0 Å². The SMILES string of the molecule is CC1(CO)[C@@H]2[C@@H]3CC[C@H]4C5[C@@H]6CC[C@@H]7[C@@H]6[C@@H]6[C@H]([C@H]2[C@@H]([C@H]34)C56C)[C@H]71. The standard InChI is InChI=1S/C22H30O/c1-21(7-23)17-10-5-3-8-12(10)19-14(17)15-18(21)11-6-4-9-13(11)20(15)22(19,2)16(8)9/h8-20,23H,3-7H2,1-2H3/t8-,9-,10-,11-,12-,13+,14-,15-,16?,17+,18-,19-,20-,21?,22?/m1/s1. The second-order valence-electron chi connectivity index (χ2n) is 11.8. The number of hydrogen-bond acceptors (Lipinski definition) is 1. The number of fused-ring (bicyclic) bond motifs is 4. The van der Waals surface area contributed by atoms with Crippen LogP contribution in [0.15, 0.2) is 0 Å². The van der Waals surface area contributed by atoms with E-state index in [0.29, 0.717) is 12.0 Å². The lowest BCUT2D eigenvalue weighted by Crippen LogP contribution is -2.40. The normalized spacial score (nSPS) is 82.8. The highest BCUT2D eigenvalue weighted by molar-refractivity contribution is 5.36. The zero-order valence-corrected chi connectivity index (χ0v) is 14.5. The molecule has 8 saturated carbocycles. The third-order valence-corrected chi connectivity index (χ3v) is 12.4. The summed E-state index contributed by atoms with van der Waals surface area (Å²) in [7, 11) is 0.